The van der Waals surface area contributed by atoms with E-state index in [1.807, 2.05) is 0 Å². The van der Waals surface area contributed by atoms with Gasteiger partial charge in [-0.05, 0) is 18.8 Å². The van der Waals surface area contributed by atoms with Gasteiger partial charge in [0.15, 0.2) is 14.3 Å². The van der Waals surface area contributed by atoms with Gasteiger partial charge in [-0.2, -0.15) is 4.98 Å². The van der Waals surface area contributed by atoms with Crippen molar-refractivity contribution < 1.29 is 41.0 Å². The number of amides is 1. The van der Waals surface area contributed by atoms with E-state index in [9.17, 15) is 4.79 Å². The highest BCUT2D eigenvalue weighted by Gasteiger charge is 2.31. The van der Waals surface area contributed by atoms with Gasteiger partial charge in [0.05, 0.1) is 33.3 Å². The highest BCUT2D eigenvalue weighted by atomic mass is 16.5. The second kappa shape index (κ2) is 7.67. The molecule has 9 nitrogen and oxygen atoms in total. The Hall–Kier alpha value is -2.81. The van der Waals surface area contributed by atoms with Crippen LogP contribution in [0.15, 0.2) is 12.1 Å². The first-order valence-electron chi connectivity index (χ1n) is 16.0. The summed E-state index contributed by atoms with van der Waals surface area (Å²) in [5, 5.41) is -0.487. The molecular formula is C19H25N5O4. The largest absolute Gasteiger partial charge is 0.493 e. The molecule has 9 heteroatoms. The summed E-state index contributed by atoms with van der Waals surface area (Å²) >= 11 is 0. The van der Waals surface area contributed by atoms with E-state index in [0.29, 0.717) is 0 Å². The van der Waals surface area contributed by atoms with Gasteiger partial charge < -0.3 is 29.7 Å². The number of piperazine rings is 1. The fraction of sp³-hybridized carbons (Fsp3) is 0.526. The monoisotopic (exact) mass is 403 g/mol. The maximum Gasteiger partial charge on any atom is 0.251 e. The molecule has 1 atom stereocenters. The van der Waals surface area contributed by atoms with Crippen molar-refractivity contribution in [2.45, 2.75) is 18.8 Å². The molecule has 2 aromatic rings. The average molecular weight is 404 g/mol. The molecule has 28 heavy (non-hydrogen) atoms. The molecule has 1 unspecified atom stereocenters. The Morgan fingerprint density at radius 3 is 2.79 bits per heavy atom. The number of anilines is 2. The number of nitrogen functional groups attached to an aromatic ring is 1. The van der Waals surface area contributed by atoms with Crippen LogP contribution in [0.2, 0.25) is 2.82 Å². The number of nitrogens with zero attached hydrogens (tertiary/aromatic N) is 4. The molecule has 4 rings (SSSR count). The smallest absolute Gasteiger partial charge is 0.251 e. The number of hydrogen-bond acceptors (Lipinski definition) is 8. The lowest BCUT2D eigenvalue weighted by atomic mass is 10.2. The van der Waals surface area contributed by atoms with Crippen LogP contribution in [0.5, 0.6) is 11.5 Å². The number of carbonyl (C=O) groups excluding carboxylic acids is 1. The third-order valence-corrected chi connectivity index (χ3v) is 4.29. The number of benzene rings is 1. The van der Waals surface area contributed by atoms with Gasteiger partial charge >= 0.3 is 0 Å². The number of ether oxygens (including phenoxy) is 3. The van der Waals surface area contributed by atoms with Crippen molar-refractivity contribution in [3.8, 4) is 11.5 Å². The molecule has 1 amide bonds. The van der Waals surface area contributed by atoms with Gasteiger partial charge in [0, 0.05) is 49.6 Å². The van der Waals surface area contributed by atoms with Crippen molar-refractivity contribution in [1.29, 1.82) is 0 Å². The zero-order valence-corrected chi connectivity index (χ0v) is 14.3. The van der Waals surface area contributed by atoms with Crippen LogP contribution in [-0.2, 0) is 9.53 Å². The van der Waals surface area contributed by atoms with E-state index in [4.69, 9.17) is 36.2 Å². The van der Waals surface area contributed by atoms with Crippen LogP contribution in [0, 0.1) is 0 Å². The summed E-state index contributed by atoms with van der Waals surface area (Å²) < 4.78 is 139. The standard InChI is InChI=1S/C19H25N5O4/c1-26-15-10-12-13(11-16(15)27-2)21-19(22-17(12)20)24-7-5-23(6-8-24)18(25)14-4-3-9-28-14/h10-11,14H,3-9H2,1-2H3,(H2,20,21,22)/i1D3,2D3,3D2,4D2,9D2,10D,11D/hD2. The lowest BCUT2D eigenvalue weighted by Crippen LogP contribution is -2.51. The summed E-state index contributed by atoms with van der Waals surface area (Å²) in [6.45, 7) is -3.49. The van der Waals surface area contributed by atoms with Gasteiger partial charge in [0.1, 0.15) is 11.9 Å². The summed E-state index contributed by atoms with van der Waals surface area (Å²) in [4.78, 5) is 23.9. The maximum absolute atomic E-state index is 13.1. The van der Waals surface area contributed by atoms with E-state index < -0.39 is 85.7 Å². The molecule has 2 N–H and O–H groups in total. The third kappa shape index (κ3) is 3.37. The van der Waals surface area contributed by atoms with Gasteiger partial charge in [-0.25, -0.2) is 4.98 Å². The molecule has 1 aromatic carbocycles. The Bertz CT molecular complexity index is 1460. The Kier molecular flexibility index (Phi) is 2.07. The number of nitrogens with two attached hydrogens (primary N) is 1. The van der Waals surface area contributed by atoms with E-state index in [2.05, 4.69) is 9.97 Å². The highest BCUT2D eigenvalue weighted by molar-refractivity contribution is 5.91. The Balaban J connectivity index is 1.71. The minimum absolute atomic E-state index is 0.0321. The van der Waals surface area contributed by atoms with Crippen molar-refractivity contribution in [3.63, 3.8) is 0 Å². The van der Waals surface area contributed by atoms with Crippen molar-refractivity contribution in [2.24, 2.45) is 0 Å². The molecule has 0 bridgehead atoms. The second-order valence-corrected chi connectivity index (χ2v) is 5.86. The molecule has 0 spiro atoms. The van der Waals surface area contributed by atoms with Crippen LogP contribution in [0.1, 0.15) is 31.9 Å². The first-order valence-corrected chi connectivity index (χ1v) is 8.12. The quantitative estimate of drug-likeness (QED) is 0.790. The molecule has 1 aromatic heterocycles. The Morgan fingerprint density at radius 2 is 2.11 bits per heavy atom. The normalized spacial score (nSPS) is 34.4. The van der Waals surface area contributed by atoms with Crippen LogP contribution < -0.4 is 20.1 Å². The first kappa shape index (κ1) is 7.55. The zero-order valence-electron chi connectivity index (χ0n) is 30.3. The summed E-state index contributed by atoms with van der Waals surface area (Å²) in [7, 11) is -6.42. The first-order chi connectivity index (χ1) is 19.9. The maximum atomic E-state index is 13.1. The molecule has 3 heterocycles. The number of carbonyl (C=O) groups is 1. The SMILES string of the molecule is [2H]c1c(OC([2H])([2H])[2H])c(OC([2H])([2H])[2H])c([2H])c2c(N([2H])[2H])nc(N3CCN(C(=O)C4OC([2H])([2H])C([2H])([2H])C4([2H])[2H])CC3)nc12. The number of rotatable bonds is 5. The van der Waals surface area contributed by atoms with Gasteiger partial charge in [-0.3, -0.25) is 4.79 Å². The summed E-state index contributed by atoms with van der Waals surface area (Å²) in [6, 6.07) is -1.70. The molecule has 2 fully saturated rings. The second-order valence-electron chi connectivity index (χ2n) is 5.86. The molecule has 0 radical (unpaired) electrons. The molecule has 2 aliphatic heterocycles. The van der Waals surface area contributed by atoms with Crippen LogP contribution in [0.25, 0.3) is 10.9 Å². The fourth-order valence-corrected chi connectivity index (χ4v) is 2.88. The lowest BCUT2D eigenvalue weighted by Gasteiger charge is -2.35. The van der Waals surface area contributed by atoms with Gasteiger partial charge in [0.2, 0.25) is 5.95 Å². The van der Waals surface area contributed by atoms with Crippen molar-refractivity contribution >= 4 is 28.6 Å². The minimum atomic E-state index is -3.21. The minimum Gasteiger partial charge on any atom is -0.493 e. The summed E-state index contributed by atoms with van der Waals surface area (Å²) in [6.07, 6.45) is -8.20. The Labute approximate surface area is 186 Å². The highest BCUT2D eigenvalue weighted by Crippen LogP contribution is 2.34. The molecule has 150 valence electrons. The number of fused-ring (bicyclic) bond motifs is 1. The zero-order chi connectivity index (χ0) is 33.4. The fourth-order valence-electron chi connectivity index (χ4n) is 2.88. The van der Waals surface area contributed by atoms with Crippen LogP contribution >= 0.6 is 0 Å². The van der Waals surface area contributed by atoms with E-state index in [1.54, 1.807) is 0 Å². The van der Waals surface area contributed by atoms with E-state index >= 15 is 0 Å². The van der Waals surface area contributed by atoms with Crippen molar-refractivity contribution in [3.05, 3.63) is 12.1 Å². The number of aromatic nitrogens is 2. The van der Waals surface area contributed by atoms with Crippen molar-refractivity contribution in [2.75, 3.05) is 57.4 Å². The van der Waals surface area contributed by atoms with Gasteiger partial charge in [-0.15, -0.1) is 0 Å². The molecule has 0 aliphatic carbocycles. The molecule has 0 saturated carbocycles. The van der Waals surface area contributed by atoms with E-state index in [1.165, 1.54) is 4.90 Å². The molecular weight excluding hydrogens is 362 g/mol. The van der Waals surface area contributed by atoms with Crippen LogP contribution in [0.3, 0.4) is 0 Å². The van der Waals surface area contributed by atoms with Crippen molar-refractivity contribution in [1.82, 2.24) is 14.9 Å². The topological polar surface area (TPSA) is 103 Å². The van der Waals surface area contributed by atoms with Crippen LogP contribution in [0.4, 0.5) is 11.8 Å². The summed E-state index contributed by atoms with van der Waals surface area (Å²) in [5.74, 6) is -3.75. The van der Waals surface area contributed by atoms with Gasteiger partial charge in [0.25, 0.3) is 5.91 Å². The third-order valence-electron chi connectivity index (χ3n) is 4.29. The predicted molar refractivity (Wildman–Crippen MR) is 105 cm³/mol. The Morgan fingerprint density at radius 1 is 1.32 bits per heavy atom. The molecule has 2 aliphatic rings. The number of hydrogen-bond donors (Lipinski definition) is 1. The van der Waals surface area contributed by atoms with Gasteiger partial charge in [-0.1, -0.05) is 0 Å². The number of methoxy groups -OCH3 is 2. The lowest BCUT2D eigenvalue weighted by molar-refractivity contribution is -0.141. The summed E-state index contributed by atoms with van der Waals surface area (Å²) in [5.41, 5.74) is -0.512. The van der Waals surface area contributed by atoms with Crippen LogP contribution in [-0.4, -0.2) is 73.7 Å². The predicted octanol–water partition coefficient (Wildman–Crippen LogP) is 1.06. The molecule has 2 saturated heterocycles. The van der Waals surface area contributed by atoms with E-state index in [-0.39, 0.29) is 37.8 Å². The van der Waals surface area contributed by atoms with E-state index in [0.717, 1.165) is 4.90 Å². The average Bonchev–Trinajstić information content (AvgIpc) is 3.02.